The number of alkyl halides is 3. The van der Waals surface area contributed by atoms with Crippen molar-refractivity contribution in [2.24, 2.45) is 0 Å². The SMILES string of the molecule is FC(F)(F)c1nnc(NC2CCCCC2)s1. The van der Waals surface area contributed by atoms with E-state index in [9.17, 15) is 13.2 Å². The van der Waals surface area contributed by atoms with E-state index in [1.165, 1.54) is 6.42 Å². The van der Waals surface area contributed by atoms with Gasteiger partial charge in [-0.15, -0.1) is 10.2 Å². The summed E-state index contributed by atoms with van der Waals surface area (Å²) < 4.78 is 36.8. The summed E-state index contributed by atoms with van der Waals surface area (Å²) >= 11 is 0.575. The highest BCUT2D eigenvalue weighted by molar-refractivity contribution is 7.15. The molecule has 0 amide bonds. The van der Waals surface area contributed by atoms with Gasteiger partial charge in [-0.05, 0) is 12.8 Å². The van der Waals surface area contributed by atoms with E-state index in [0.717, 1.165) is 25.7 Å². The number of nitrogens with zero attached hydrogens (tertiary/aromatic N) is 2. The van der Waals surface area contributed by atoms with Gasteiger partial charge >= 0.3 is 6.18 Å². The molecule has 0 spiro atoms. The number of aromatic nitrogens is 2. The number of hydrogen-bond donors (Lipinski definition) is 1. The summed E-state index contributed by atoms with van der Waals surface area (Å²) in [5.41, 5.74) is 0. The maximum absolute atomic E-state index is 12.3. The second-order valence-corrected chi connectivity index (χ2v) is 4.87. The van der Waals surface area contributed by atoms with E-state index in [1.54, 1.807) is 0 Å². The summed E-state index contributed by atoms with van der Waals surface area (Å²) in [6.07, 6.45) is 1.08. The summed E-state index contributed by atoms with van der Waals surface area (Å²) in [5, 5.41) is 9.06. The Morgan fingerprint density at radius 1 is 1.12 bits per heavy atom. The fourth-order valence-corrected chi connectivity index (χ4v) is 2.51. The largest absolute Gasteiger partial charge is 0.445 e. The van der Waals surface area contributed by atoms with Crippen LogP contribution >= 0.6 is 11.3 Å². The highest BCUT2D eigenvalue weighted by atomic mass is 32.1. The molecule has 1 aromatic rings. The average Bonchev–Trinajstić information content (AvgIpc) is 2.67. The molecule has 1 fully saturated rings. The highest BCUT2D eigenvalue weighted by Gasteiger charge is 2.35. The Bertz CT molecular complexity index is 344. The fraction of sp³-hybridized carbons (Fsp3) is 0.778. The zero-order valence-corrected chi connectivity index (χ0v) is 9.37. The molecule has 16 heavy (non-hydrogen) atoms. The summed E-state index contributed by atoms with van der Waals surface area (Å²) in [6.45, 7) is 0. The van der Waals surface area contributed by atoms with Gasteiger partial charge in [0.2, 0.25) is 10.1 Å². The van der Waals surface area contributed by atoms with Crippen LogP contribution in [-0.2, 0) is 6.18 Å². The van der Waals surface area contributed by atoms with Crippen LogP contribution in [0.2, 0.25) is 0 Å². The molecule has 7 heteroatoms. The molecule has 1 N–H and O–H groups in total. The predicted molar refractivity (Wildman–Crippen MR) is 55.4 cm³/mol. The monoisotopic (exact) mass is 251 g/mol. The van der Waals surface area contributed by atoms with Crippen molar-refractivity contribution in [1.82, 2.24) is 10.2 Å². The third-order valence-corrected chi connectivity index (χ3v) is 3.50. The standard InChI is InChI=1S/C9H12F3N3S/c10-9(11,12)7-14-15-8(16-7)13-6-4-2-1-3-5-6/h6H,1-5H2,(H,13,15). The van der Waals surface area contributed by atoms with Crippen molar-refractivity contribution in [2.75, 3.05) is 5.32 Å². The van der Waals surface area contributed by atoms with Crippen molar-refractivity contribution < 1.29 is 13.2 Å². The number of nitrogens with one attached hydrogen (secondary N) is 1. The molecular formula is C9H12F3N3S. The lowest BCUT2D eigenvalue weighted by molar-refractivity contribution is -0.138. The van der Waals surface area contributed by atoms with Crippen LogP contribution in [0.5, 0.6) is 0 Å². The van der Waals surface area contributed by atoms with Gasteiger partial charge in [0.25, 0.3) is 0 Å². The molecule has 0 radical (unpaired) electrons. The second kappa shape index (κ2) is 4.57. The Morgan fingerprint density at radius 3 is 2.38 bits per heavy atom. The Labute approximate surface area is 95.1 Å². The van der Waals surface area contributed by atoms with Crippen molar-refractivity contribution in [1.29, 1.82) is 0 Å². The van der Waals surface area contributed by atoms with E-state index >= 15 is 0 Å². The minimum absolute atomic E-state index is 0.253. The van der Waals surface area contributed by atoms with Gasteiger partial charge in [-0.25, -0.2) is 0 Å². The van der Waals surface area contributed by atoms with Crippen LogP contribution < -0.4 is 5.32 Å². The Balaban J connectivity index is 1.97. The van der Waals surface area contributed by atoms with Gasteiger partial charge < -0.3 is 5.32 Å². The van der Waals surface area contributed by atoms with Crippen molar-refractivity contribution >= 4 is 16.5 Å². The first-order valence-electron chi connectivity index (χ1n) is 5.23. The van der Waals surface area contributed by atoms with Crippen LogP contribution in [0, 0.1) is 0 Å². The van der Waals surface area contributed by atoms with Crippen molar-refractivity contribution in [2.45, 2.75) is 44.3 Å². The van der Waals surface area contributed by atoms with Gasteiger partial charge in [0, 0.05) is 6.04 Å². The van der Waals surface area contributed by atoms with E-state index in [4.69, 9.17) is 0 Å². The number of anilines is 1. The molecule has 0 unspecified atom stereocenters. The molecule has 3 nitrogen and oxygen atoms in total. The normalized spacial score (nSPS) is 18.7. The molecule has 90 valence electrons. The smallest absolute Gasteiger partial charge is 0.357 e. The maximum atomic E-state index is 12.3. The molecular weight excluding hydrogens is 239 g/mol. The Morgan fingerprint density at radius 2 is 1.81 bits per heavy atom. The van der Waals surface area contributed by atoms with Crippen molar-refractivity contribution in [3.8, 4) is 0 Å². The molecule has 0 bridgehead atoms. The van der Waals surface area contributed by atoms with Gasteiger partial charge in [0.05, 0.1) is 0 Å². The van der Waals surface area contributed by atoms with Crippen LogP contribution in [-0.4, -0.2) is 16.2 Å². The van der Waals surface area contributed by atoms with E-state index in [0.29, 0.717) is 11.3 Å². The van der Waals surface area contributed by atoms with Crippen LogP contribution in [0.3, 0.4) is 0 Å². The lowest BCUT2D eigenvalue weighted by Crippen LogP contribution is -2.21. The topological polar surface area (TPSA) is 37.8 Å². The second-order valence-electron chi connectivity index (χ2n) is 3.89. The van der Waals surface area contributed by atoms with Crippen LogP contribution in [0.15, 0.2) is 0 Å². The first-order valence-corrected chi connectivity index (χ1v) is 6.04. The molecule has 1 aliphatic rings. The molecule has 1 saturated carbocycles. The third-order valence-electron chi connectivity index (χ3n) is 2.60. The number of halogens is 3. The molecule has 1 aromatic heterocycles. The first kappa shape index (κ1) is 11.6. The van der Waals surface area contributed by atoms with Crippen LogP contribution in [0.4, 0.5) is 18.3 Å². The zero-order chi connectivity index (χ0) is 11.6. The first-order chi connectivity index (χ1) is 7.55. The summed E-state index contributed by atoms with van der Waals surface area (Å²) in [5.74, 6) is 0. The van der Waals surface area contributed by atoms with Gasteiger partial charge in [-0.1, -0.05) is 30.6 Å². The molecule has 0 atom stereocenters. The molecule has 1 aliphatic carbocycles. The highest BCUT2D eigenvalue weighted by Crippen LogP contribution is 2.33. The van der Waals surface area contributed by atoms with E-state index in [1.807, 2.05) is 0 Å². The van der Waals surface area contributed by atoms with Gasteiger partial charge in [0.1, 0.15) is 0 Å². The van der Waals surface area contributed by atoms with Gasteiger partial charge in [-0.3, -0.25) is 0 Å². The van der Waals surface area contributed by atoms with Crippen molar-refractivity contribution in [3.63, 3.8) is 0 Å². The lowest BCUT2D eigenvalue weighted by Gasteiger charge is -2.21. The third kappa shape index (κ3) is 2.84. The molecule has 0 aliphatic heterocycles. The Kier molecular flexibility index (Phi) is 3.32. The molecule has 1 heterocycles. The van der Waals surface area contributed by atoms with Crippen LogP contribution in [0.1, 0.15) is 37.1 Å². The minimum Gasteiger partial charge on any atom is -0.357 e. The maximum Gasteiger partial charge on any atom is 0.445 e. The quantitative estimate of drug-likeness (QED) is 0.876. The minimum atomic E-state index is -4.38. The Hall–Kier alpha value is -0.850. The summed E-state index contributed by atoms with van der Waals surface area (Å²) in [7, 11) is 0. The number of rotatable bonds is 2. The summed E-state index contributed by atoms with van der Waals surface area (Å²) in [6, 6.07) is 0.253. The predicted octanol–water partition coefficient (Wildman–Crippen LogP) is 3.30. The zero-order valence-electron chi connectivity index (χ0n) is 8.55. The molecule has 0 saturated heterocycles. The lowest BCUT2D eigenvalue weighted by atomic mass is 9.96. The van der Waals surface area contributed by atoms with E-state index < -0.39 is 11.2 Å². The van der Waals surface area contributed by atoms with E-state index in [2.05, 4.69) is 15.5 Å². The van der Waals surface area contributed by atoms with Gasteiger partial charge in [0.15, 0.2) is 0 Å². The van der Waals surface area contributed by atoms with Crippen LogP contribution in [0.25, 0.3) is 0 Å². The summed E-state index contributed by atoms with van der Waals surface area (Å²) in [4.78, 5) is 0. The van der Waals surface area contributed by atoms with Gasteiger partial charge in [-0.2, -0.15) is 13.2 Å². The van der Waals surface area contributed by atoms with Crippen molar-refractivity contribution in [3.05, 3.63) is 5.01 Å². The fourth-order valence-electron chi connectivity index (χ4n) is 1.82. The van der Waals surface area contributed by atoms with E-state index in [-0.39, 0.29) is 11.2 Å². The average molecular weight is 251 g/mol. The number of hydrogen-bond acceptors (Lipinski definition) is 4. The molecule has 2 rings (SSSR count). The molecule has 0 aromatic carbocycles.